The van der Waals surface area contributed by atoms with Gasteiger partial charge in [-0.1, -0.05) is 12.1 Å². The molecule has 110 valence electrons. The Hall–Kier alpha value is -1.44. The Balaban J connectivity index is 2.10. The minimum Gasteiger partial charge on any atom is -0.550 e. The molecule has 1 heterocycles. The molecule has 0 N–H and O–H groups in total. The van der Waals surface area contributed by atoms with Crippen LogP contribution in [0.2, 0.25) is 0 Å². The van der Waals surface area contributed by atoms with E-state index in [9.17, 15) is 18.3 Å². The topological polar surface area (TPSA) is 86.7 Å². The minimum atomic E-state index is -3.49. The van der Waals surface area contributed by atoms with Crippen molar-refractivity contribution in [2.75, 3.05) is 26.3 Å². The monoisotopic (exact) mass is 298 g/mol. The summed E-state index contributed by atoms with van der Waals surface area (Å²) in [4.78, 5) is 10.6. The van der Waals surface area contributed by atoms with Gasteiger partial charge in [0.05, 0.1) is 18.1 Å². The molecule has 7 heteroatoms. The third-order valence-corrected chi connectivity index (χ3v) is 5.06. The van der Waals surface area contributed by atoms with Crippen molar-refractivity contribution in [3.05, 3.63) is 29.8 Å². The molecule has 1 aliphatic heterocycles. The zero-order valence-electron chi connectivity index (χ0n) is 10.9. The summed E-state index contributed by atoms with van der Waals surface area (Å²) < 4.78 is 31.2. The normalized spacial score (nSPS) is 17.0. The van der Waals surface area contributed by atoms with E-state index in [2.05, 4.69) is 0 Å². The molecule has 0 spiro atoms. The van der Waals surface area contributed by atoms with Crippen LogP contribution in [0.15, 0.2) is 29.2 Å². The van der Waals surface area contributed by atoms with Crippen LogP contribution in [0.25, 0.3) is 0 Å². The van der Waals surface area contributed by atoms with Gasteiger partial charge in [-0.15, -0.1) is 0 Å². The summed E-state index contributed by atoms with van der Waals surface area (Å²) in [6.07, 6.45) is 0.260. The summed E-state index contributed by atoms with van der Waals surface area (Å²) in [5.41, 5.74) is 0.773. The van der Waals surface area contributed by atoms with Crippen LogP contribution in [0.1, 0.15) is 12.0 Å². The smallest absolute Gasteiger partial charge is 0.243 e. The molecule has 0 aromatic heterocycles. The highest BCUT2D eigenvalue weighted by atomic mass is 32.2. The Morgan fingerprint density at radius 3 is 2.35 bits per heavy atom. The van der Waals surface area contributed by atoms with Crippen molar-refractivity contribution in [3.8, 4) is 0 Å². The number of carboxylic acids is 1. The van der Waals surface area contributed by atoms with E-state index in [0.29, 0.717) is 32.7 Å². The zero-order chi connectivity index (χ0) is 14.6. The van der Waals surface area contributed by atoms with Gasteiger partial charge in [0, 0.05) is 19.1 Å². The highest BCUT2D eigenvalue weighted by Crippen LogP contribution is 2.18. The Morgan fingerprint density at radius 2 is 1.80 bits per heavy atom. The van der Waals surface area contributed by atoms with Crippen LogP contribution in [0, 0.1) is 0 Å². The number of morpholine rings is 1. The SMILES string of the molecule is O=C([O-])CCc1ccc(S(=O)(=O)N2CCOCC2)cc1. The second-order valence-corrected chi connectivity index (χ2v) is 6.47. The lowest BCUT2D eigenvalue weighted by molar-refractivity contribution is -0.305. The molecule has 0 amide bonds. The van der Waals surface area contributed by atoms with Crippen molar-refractivity contribution in [3.63, 3.8) is 0 Å². The summed E-state index contributed by atoms with van der Waals surface area (Å²) in [5.74, 6) is -1.12. The van der Waals surface area contributed by atoms with E-state index in [0.717, 1.165) is 5.56 Å². The van der Waals surface area contributed by atoms with Gasteiger partial charge in [-0.05, 0) is 30.5 Å². The molecule has 1 fully saturated rings. The highest BCUT2D eigenvalue weighted by molar-refractivity contribution is 7.89. The number of rotatable bonds is 5. The van der Waals surface area contributed by atoms with Crippen molar-refractivity contribution in [1.29, 1.82) is 0 Å². The van der Waals surface area contributed by atoms with Crippen molar-refractivity contribution in [1.82, 2.24) is 4.31 Å². The molecule has 2 rings (SSSR count). The van der Waals surface area contributed by atoms with Gasteiger partial charge in [0.15, 0.2) is 0 Å². The average Bonchev–Trinajstić information content (AvgIpc) is 2.46. The maximum atomic E-state index is 12.3. The summed E-state index contributed by atoms with van der Waals surface area (Å²) in [6, 6.07) is 6.29. The van der Waals surface area contributed by atoms with Crippen LogP contribution >= 0.6 is 0 Å². The molecule has 0 aliphatic carbocycles. The van der Waals surface area contributed by atoms with Gasteiger partial charge in [-0.25, -0.2) is 8.42 Å². The van der Waals surface area contributed by atoms with Gasteiger partial charge in [0.2, 0.25) is 10.0 Å². The molecule has 0 atom stereocenters. The molecule has 0 bridgehead atoms. The molecule has 0 saturated carbocycles. The molecule has 1 aliphatic rings. The van der Waals surface area contributed by atoms with Crippen LogP contribution in [0.5, 0.6) is 0 Å². The number of hydrogen-bond donors (Lipinski definition) is 0. The van der Waals surface area contributed by atoms with Crippen LogP contribution in [0.3, 0.4) is 0 Å². The first-order valence-corrected chi connectivity index (χ1v) is 7.81. The van der Waals surface area contributed by atoms with E-state index in [1.165, 1.54) is 16.4 Å². The van der Waals surface area contributed by atoms with Gasteiger partial charge >= 0.3 is 0 Å². The summed E-state index contributed by atoms with van der Waals surface area (Å²) in [5, 5.41) is 10.4. The second kappa shape index (κ2) is 6.34. The van der Waals surface area contributed by atoms with Gasteiger partial charge in [-0.3, -0.25) is 0 Å². The Kier molecular flexibility index (Phi) is 4.74. The number of benzene rings is 1. The maximum absolute atomic E-state index is 12.3. The lowest BCUT2D eigenvalue weighted by atomic mass is 10.1. The number of aryl methyl sites for hydroxylation is 1. The van der Waals surface area contributed by atoms with Gasteiger partial charge in [-0.2, -0.15) is 4.31 Å². The van der Waals surface area contributed by atoms with Crippen LogP contribution in [-0.2, 0) is 26.0 Å². The number of nitrogens with zero attached hydrogens (tertiary/aromatic N) is 1. The second-order valence-electron chi connectivity index (χ2n) is 4.53. The fourth-order valence-corrected chi connectivity index (χ4v) is 3.42. The Labute approximate surface area is 118 Å². The first kappa shape index (κ1) is 15.0. The fourth-order valence-electron chi connectivity index (χ4n) is 2.01. The molecular weight excluding hydrogens is 282 g/mol. The van der Waals surface area contributed by atoms with Crippen molar-refractivity contribution in [2.45, 2.75) is 17.7 Å². The maximum Gasteiger partial charge on any atom is 0.243 e. The number of sulfonamides is 1. The lowest BCUT2D eigenvalue weighted by Crippen LogP contribution is -2.40. The molecule has 0 unspecified atom stereocenters. The molecule has 1 aromatic carbocycles. The standard InChI is InChI=1S/C13H17NO5S/c15-13(16)6-3-11-1-4-12(5-2-11)20(17,18)14-7-9-19-10-8-14/h1-2,4-5H,3,6-10H2,(H,15,16)/p-1. The van der Waals surface area contributed by atoms with Crippen LogP contribution in [0.4, 0.5) is 0 Å². The molecule has 1 saturated heterocycles. The molecule has 20 heavy (non-hydrogen) atoms. The molecule has 0 radical (unpaired) electrons. The van der Waals surface area contributed by atoms with E-state index >= 15 is 0 Å². The third kappa shape index (κ3) is 3.56. The Bertz CT molecular complexity index is 561. The average molecular weight is 298 g/mol. The number of carboxylic acid groups (broad SMARTS) is 1. The summed E-state index contributed by atoms with van der Waals surface area (Å²) in [6.45, 7) is 1.52. The quantitative estimate of drug-likeness (QED) is 0.724. The van der Waals surface area contributed by atoms with Gasteiger partial charge in [0.25, 0.3) is 0 Å². The summed E-state index contributed by atoms with van der Waals surface area (Å²) >= 11 is 0. The van der Waals surface area contributed by atoms with Crippen molar-refractivity contribution >= 4 is 16.0 Å². The predicted octanol–water partition coefficient (Wildman–Crippen LogP) is -0.610. The first-order valence-electron chi connectivity index (χ1n) is 6.37. The number of hydrogen-bond acceptors (Lipinski definition) is 5. The van der Waals surface area contributed by atoms with Gasteiger partial charge < -0.3 is 14.6 Å². The largest absolute Gasteiger partial charge is 0.550 e. The third-order valence-electron chi connectivity index (χ3n) is 3.15. The van der Waals surface area contributed by atoms with Gasteiger partial charge in [0.1, 0.15) is 0 Å². The summed E-state index contributed by atoms with van der Waals surface area (Å²) in [7, 11) is -3.49. The van der Waals surface area contributed by atoms with E-state index in [4.69, 9.17) is 4.74 Å². The van der Waals surface area contributed by atoms with E-state index in [1.54, 1.807) is 12.1 Å². The minimum absolute atomic E-state index is 0.0738. The number of carbonyl (C=O) groups excluding carboxylic acids is 1. The number of ether oxygens (including phenoxy) is 1. The van der Waals surface area contributed by atoms with E-state index in [1.807, 2.05) is 0 Å². The predicted molar refractivity (Wildman–Crippen MR) is 69.3 cm³/mol. The highest BCUT2D eigenvalue weighted by Gasteiger charge is 2.25. The number of carbonyl (C=O) groups is 1. The fraction of sp³-hybridized carbons (Fsp3) is 0.462. The molecule has 1 aromatic rings. The number of aliphatic carboxylic acids is 1. The van der Waals surface area contributed by atoms with E-state index in [-0.39, 0.29) is 11.3 Å². The van der Waals surface area contributed by atoms with Crippen LogP contribution < -0.4 is 5.11 Å². The molecular formula is C13H16NO5S-. The van der Waals surface area contributed by atoms with Crippen LogP contribution in [-0.4, -0.2) is 45.0 Å². The van der Waals surface area contributed by atoms with E-state index < -0.39 is 16.0 Å². The van der Waals surface area contributed by atoms with Crippen molar-refractivity contribution < 1.29 is 23.1 Å². The Morgan fingerprint density at radius 1 is 1.20 bits per heavy atom. The lowest BCUT2D eigenvalue weighted by Gasteiger charge is -2.26. The zero-order valence-corrected chi connectivity index (χ0v) is 11.8. The van der Waals surface area contributed by atoms with Crippen molar-refractivity contribution in [2.24, 2.45) is 0 Å². The molecule has 6 nitrogen and oxygen atoms in total. The first-order chi connectivity index (χ1) is 9.50.